The number of hydrogen-bond acceptors (Lipinski definition) is 2. The minimum absolute atomic E-state index is 0.131. The molecule has 0 unspecified atom stereocenters. The van der Waals surface area contributed by atoms with Crippen molar-refractivity contribution in [1.29, 1.82) is 0 Å². The summed E-state index contributed by atoms with van der Waals surface area (Å²) in [6, 6.07) is 5.97. The fraction of sp³-hybridized carbons (Fsp3) is 0.625. The molecule has 2 nitrogen and oxygen atoms in total. The van der Waals surface area contributed by atoms with E-state index in [-0.39, 0.29) is 5.82 Å². The Balaban J connectivity index is 2.11. The summed E-state index contributed by atoms with van der Waals surface area (Å²) in [5.41, 5.74) is 2.04. The van der Waals surface area contributed by atoms with E-state index in [1.54, 1.807) is 12.1 Å². The molecule has 1 fully saturated rings. The number of halogens is 1. The maximum Gasteiger partial charge on any atom is 0.125 e. The number of anilines is 1. The normalized spacial score (nSPS) is 16.6. The zero-order valence-electron chi connectivity index (χ0n) is 12.1. The van der Waals surface area contributed by atoms with Crippen LogP contribution in [0.15, 0.2) is 18.2 Å². The van der Waals surface area contributed by atoms with Gasteiger partial charge < -0.3 is 10.2 Å². The van der Waals surface area contributed by atoms with Gasteiger partial charge in [0, 0.05) is 25.3 Å². The van der Waals surface area contributed by atoms with Gasteiger partial charge in [0.05, 0.1) is 0 Å². The van der Waals surface area contributed by atoms with E-state index in [2.05, 4.69) is 30.3 Å². The average Bonchev–Trinajstić information content (AvgIpc) is 2.44. The van der Waals surface area contributed by atoms with Gasteiger partial charge in [0.2, 0.25) is 0 Å². The third kappa shape index (κ3) is 3.93. The lowest BCUT2D eigenvalue weighted by Crippen LogP contribution is -2.33. The highest BCUT2D eigenvalue weighted by Crippen LogP contribution is 2.27. The van der Waals surface area contributed by atoms with Crippen molar-refractivity contribution >= 4 is 5.69 Å². The van der Waals surface area contributed by atoms with Gasteiger partial charge >= 0.3 is 0 Å². The van der Waals surface area contributed by atoms with Gasteiger partial charge in [-0.2, -0.15) is 0 Å². The Morgan fingerprint density at radius 2 is 1.95 bits per heavy atom. The Hall–Kier alpha value is -1.09. The molecule has 1 N–H and O–H groups in total. The van der Waals surface area contributed by atoms with Gasteiger partial charge in [0.15, 0.2) is 0 Å². The van der Waals surface area contributed by atoms with Crippen molar-refractivity contribution in [1.82, 2.24) is 5.32 Å². The van der Waals surface area contributed by atoms with E-state index in [1.165, 1.54) is 32.1 Å². The van der Waals surface area contributed by atoms with Crippen LogP contribution in [0.2, 0.25) is 0 Å². The molecule has 1 saturated carbocycles. The summed E-state index contributed by atoms with van der Waals surface area (Å²) in [4.78, 5) is 2.26. The van der Waals surface area contributed by atoms with E-state index in [0.717, 1.165) is 24.3 Å². The average molecular weight is 264 g/mol. The van der Waals surface area contributed by atoms with Crippen LogP contribution in [-0.2, 0) is 6.54 Å². The van der Waals surface area contributed by atoms with Crippen molar-refractivity contribution < 1.29 is 4.39 Å². The van der Waals surface area contributed by atoms with E-state index in [1.807, 2.05) is 0 Å². The molecule has 2 rings (SSSR count). The summed E-state index contributed by atoms with van der Waals surface area (Å²) in [6.45, 7) is 3.71. The van der Waals surface area contributed by atoms with Gasteiger partial charge in [-0.05, 0) is 43.1 Å². The number of nitrogens with one attached hydrogen (secondary N) is 1. The second-order valence-electron chi connectivity index (χ2n) is 5.50. The van der Waals surface area contributed by atoms with Gasteiger partial charge in [-0.1, -0.05) is 26.2 Å². The van der Waals surface area contributed by atoms with Gasteiger partial charge in [0.25, 0.3) is 0 Å². The van der Waals surface area contributed by atoms with Crippen molar-refractivity contribution in [3.05, 3.63) is 29.6 Å². The Kier molecular flexibility index (Phi) is 5.20. The number of rotatable bonds is 5. The molecule has 0 radical (unpaired) electrons. The fourth-order valence-corrected chi connectivity index (χ4v) is 2.89. The van der Waals surface area contributed by atoms with Crippen LogP contribution < -0.4 is 10.2 Å². The van der Waals surface area contributed by atoms with Gasteiger partial charge in [-0.15, -0.1) is 0 Å². The van der Waals surface area contributed by atoms with Crippen LogP contribution in [0.3, 0.4) is 0 Å². The van der Waals surface area contributed by atoms with Crippen molar-refractivity contribution in [2.24, 2.45) is 0 Å². The quantitative estimate of drug-likeness (QED) is 0.872. The van der Waals surface area contributed by atoms with Crippen LogP contribution in [0.1, 0.15) is 44.6 Å². The smallest absolute Gasteiger partial charge is 0.125 e. The molecule has 1 aliphatic carbocycles. The summed E-state index contributed by atoms with van der Waals surface area (Å²) in [7, 11) is 2.10. The summed E-state index contributed by atoms with van der Waals surface area (Å²) >= 11 is 0. The van der Waals surface area contributed by atoms with Gasteiger partial charge in [-0.3, -0.25) is 0 Å². The molecule has 0 saturated heterocycles. The Labute approximate surface area is 116 Å². The minimum atomic E-state index is -0.131. The zero-order valence-corrected chi connectivity index (χ0v) is 12.1. The summed E-state index contributed by atoms with van der Waals surface area (Å²) in [6.07, 6.45) is 6.41. The summed E-state index contributed by atoms with van der Waals surface area (Å²) in [5, 5.41) is 3.25. The van der Waals surface area contributed by atoms with Crippen molar-refractivity contribution in [3.8, 4) is 0 Å². The van der Waals surface area contributed by atoms with Crippen LogP contribution in [0, 0.1) is 5.82 Å². The van der Waals surface area contributed by atoms with Crippen molar-refractivity contribution in [3.63, 3.8) is 0 Å². The SMILES string of the molecule is CCNCc1cc(F)cc(N(C)C2CCCCC2)c1. The van der Waals surface area contributed by atoms with Crippen LogP contribution in [-0.4, -0.2) is 19.6 Å². The monoisotopic (exact) mass is 264 g/mol. The maximum atomic E-state index is 13.7. The molecule has 0 spiro atoms. The zero-order chi connectivity index (χ0) is 13.7. The van der Waals surface area contributed by atoms with Gasteiger partial charge in [0.1, 0.15) is 5.82 Å². The first-order valence-corrected chi connectivity index (χ1v) is 7.43. The van der Waals surface area contributed by atoms with Crippen molar-refractivity contribution in [2.75, 3.05) is 18.5 Å². The Bertz CT molecular complexity index is 400. The van der Waals surface area contributed by atoms with E-state index >= 15 is 0 Å². The first-order valence-electron chi connectivity index (χ1n) is 7.43. The molecule has 19 heavy (non-hydrogen) atoms. The first-order chi connectivity index (χ1) is 9.20. The van der Waals surface area contributed by atoms with Crippen LogP contribution in [0.25, 0.3) is 0 Å². The van der Waals surface area contributed by atoms with Crippen molar-refractivity contribution in [2.45, 2.75) is 51.6 Å². The first kappa shape index (κ1) is 14.3. The Morgan fingerprint density at radius 3 is 2.63 bits per heavy atom. The lowest BCUT2D eigenvalue weighted by Gasteiger charge is -2.33. The molecule has 0 heterocycles. The second-order valence-corrected chi connectivity index (χ2v) is 5.50. The number of benzene rings is 1. The molecule has 0 atom stereocenters. The van der Waals surface area contributed by atoms with E-state index < -0.39 is 0 Å². The third-order valence-corrected chi connectivity index (χ3v) is 4.05. The van der Waals surface area contributed by atoms with E-state index in [4.69, 9.17) is 0 Å². The van der Waals surface area contributed by atoms with E-state index in [9.17, 15) is 4.39 Å². The molecule has 106 valence electrons. The summed E-state index contributed by atoms with van der Waals surface area (Å²) in [5.74, 6) is -0.131. The lowest BCUT2D eigenvalue weighted by molar-refractivity contribution is 0.427. The lowest BCUT2D eigenvalue weighted by atomic mass is 9.94. The molecule has 0 aliphatic heterocycles. The largest absolute Gasteiger partial charge is 0.372 e. The maximum absolute atomic E-state index is 13.7. The molecule has 0 aromatic heterocycles. The predicted molar refractivity (Wildman–Crippen MR) is 79.1 cm³/mol. The van der Waals surface area contributed by atoms with Crippen LogP contribution in [0.4, 0.5) is 10.1 Å². The number of nitrogens with zero attached hydrogens (tertiary/aromatic N) is 1. The fourth-order valence-electron chi connectivity index (χ4n) is 2.89. The predicted octanol–water partition coefficient (Wildman–Crippen LogP) is 3.70. The minimum Gasteiger partial charge on any atom is -0.372 e. The highest BCUT2D eigenvalue weighted by molar-refractivity contribution is 5.49. The van der Waals surface area contributed by atoms with E-state index in [0.29, 0.717) is 6.04 Å². The second kappa shape index (κ2) is 6.90. The molecule has 1 aliphatic rings. The molecular formula is C16H25FN2. The van der Waals surface area contributed by atoms with Crippen LogP contribution in [0.5, 0.6) is 0 Å². The highest BCUT2D eigenvalue weighted by Gasteiger charge is 2.19. The molecular weight excluding hydrogens is 239 g/mol. The molecule has 0 bridgehead atoms. The standard InChI is InChI=1S/C16H25FN2/c1-3-18-12-13-9-14(17)11-16(10-13)19(2)15-7-5-4-6-8-15/h9-11,15,18H,3-8,12H2,1-2H3. The molecule has 1 aromatic carbocycles. The molecule has 0 amide bonds. The van der Waals surface area contributed by atoms with Gasteiger partial charge in [-0.25, -0.2) is 4.39 Å². The number of hydrogen-bond donors (Lipinski definition) is 1. The Morgan fingerprint density at radius 1 is 1.21 bits per heavy atom. The summed E-state index contributed by atoms with van der Waals surface area (Å²) < 4.78 is 13.7. The highest BCUT2D eigenvalue weighted by atomic mass is 19.1. The van der Waals surface area contributed by atoms with Crippen LogP contribution >= 0.6 is 0 Å². The molecule has 1 aromatic rings. The third-order valence-electron chi connectivity index (χ3n) is 4.05. The molecule has 3 heteroatoms. The topological polar surface area (TPSA) is 15.3 Å².